The van der Waals surface area contributed by atoms with Gasteiger partial charge in [-0.05, 0) is 19.1 Å². The normalized spacial score (nSPS) is 10.2. The molecular formula is C9H10N4. The molecule has 2 aromatic rings. The van der Waals surface area contributed by atoms with Crippen molar-refractivity contribution in [3.8, 4) is 5.69 Å². The molecule has 66 valence electrons. The first kappa shape index (κ1) is 7.79. The highest BCUT2D eigenvalue weighted by Crippen LogP contribution is 2.13. The van der Waals surface area contributed by atoms with Crippen molar-refractivity contribution < 1.29 is 0 Å². The molecular weight excluding hydrogens is 164 g/mol. The van der Waals surface area contributed by atoms with Gasteiger partial charge in [0.25, 0.3) is 0 Å². The molecule has 0 aromatic carbocycles. The Morgan fingerprint density at radius 3 is 2.77 bits per heavy atom. The van der Waals surface area contributed by atoms with E-state index in [1.54, 1.807) is 12.4 Å². The van der Waals surface area contributed by atoms with Gasteiger partial charge in [-0.2, -0.15) is 0 Å². The second-order valence-electron chi connectivity index (χ2n) is 2.76. The average molecular weight is 174 g/mol. The van der Waals surface area contributed by atoms with Crippen LogP contribution in [0.15, 0.2) is 30.7 Å². The third-order valence-corrected chi connectivity index (χ3v) is 1.91. The number of nitrogens with two attached hydrogens (primary N) is 1. The van der Waals surface area contributed by atoms with Gasteiger partial charge in [0.2, 0.25) is 5.95 Å². The van der Waals surface area contributed by atoms with Crippen LogP contribution >= 0.6 is 0 Å². The molecule has 0 radical (unpaired) electrons. The van der Waals surface area contributed by atoms with E-state index >= 15 is 0 Å². The third kappa shape index (κ3) is 1.26. The number of imidazole rings is 1. The van der Waals surface area contributed by atoms with Gasteiger partial charge in [-0.15, -0.1) is 0 Å². The Labute approximate surface area is 76.1 Å². The van der Waals surface area contributed by atoms with Crippen LogP contribution in [0, 0.1) is 6.92 Å². The summed E-state index contributed by atoms with van der Waals surface area (Å²) in [5.41, 5.74) is 7.57. The first-order chi connectivity index (χ1) is 6.29. The number of aryl methyl sites for hydroxylation is 1. The van der Waals surface area contributed by atoms with Gasteiger partial charge in [0.15, 0.2) is 0 Å². The molecule has 0 aliphatic rings. The van der Waals surface area contributed by atoms with Gasteiger partial charge >= 0.3 is 0 Å². The largest absolute Gasteiger partial charge is 0.369 e. The monoisotopic (exact) mass is 174 g/mol. The van der Waals surface area contributed by atoms with Gasteiger partial charge < -0.3 is 5.73 Å². The molecule has 0 amide bonds. The fraction of sp³-hybridized carbons (Fsp3) is 0.111. The van der Waals surface area contributed by atoms with Crippen molar-refractivity contribution in [1.82, 2.24) is 14.5 Å². The molecule has 0 saturated heterocycles. The maximum atomic E-state index is 5.67. The number of hydrogen-bond acceptors (Lipinski definition) is 3. The Balaban J connectivity index is 2.59. The summed E-state index contributed by atoms with van der Waals surface area (Å²) in [5, 5.41) is 0. The smallest absolute Gasteiger partial charge is 0.204 e. The summed E-state index contributed by atoms with van der Waals surface area (Å²) >= 11 is 0. The number of aromatic nitrogens is 3. The van der Waals surface area contributed by atoms with Crippen LogP contribution in [0.25, 0.3) is 5.69 Å². The van der Waals surface area contributed by atoms with Crippen LogP contribution in [0.4, 0.5) is 5.95 Å². The van der Waals surface area contributed by atoms with E-state index in [0.717, 1.165) is 11.4 Å². The molecule has 0 bridgehead atoms. The van der Waals surface area contributed by atoms with Crippen LogP contribution in [0.1, 0.15) is 5.69 Å². The van der Waals surface area contributed by atoms with Crippen LogP contribution in [0.3, 0.4) is 0 Å². The zero-order chi connectivity index (χ0) is 9.26. The average Bonchev–Trinajstić information content (AvgIpc) is 2.52. The first-order valence-electron chi connectivity index (χ1n) is 4.00. The summed E-state index contributed by atoms with van der Waals surface area (Å²) in [5.74, 6) is 0.483. The maximum Gasteiger partial charge on any atom is 0.204 e. The standard InChI is InChI=1S/C9H10N4/c1-7-8(3-2-4-11-7)13-6-5-12-9(13)10/h2-6H,1H3,(H2,10,12). The van der Waals surface area contributed by atoms with Crippen molar-refractivity contribution in [2.24, 2.45) is 0 Å². The second-order valence-corrected chi connectivity index (χ2v) is 2.76. The molecule has 0 unspecified atom stereocenters. The van der Waals surface area contributed by atoms with Crippen LogP contribution in [0.2, 0.25) is 0 Å². The summed E-state index contributed by atoms with van der Waals surface area (Å²) in [6.07, 6.45) is 5.24. The van der Waals surface area contributed by atoms with Gasteiger partial charge in [-0.25, -0.2) is 4.98 Å². The Morgan fingerprint density at radius 2 is 2.15 bits per heavy atom. The Morgan fingerprint density at radius 1 is 1.31 bits per heavy atom. The van der Waals surface area contributed by atoms with Gasteiger partial charge in [-0.3, -0.25) is 9.55 Å². The summed E-state index contributed by atoms with van der Waals surface area (Å²) < 4.78 is 1.81. The molecule has 2 heterocycles. The molecule has 0 aliphatic carbocycles. The quantitative estimate of drug-likeness (QED) is 0.705. The van der Waals surface area contributed by atoms with E-state index in [1.165, 1.54) is 0 Å². The van der Waals surface area contributed by atoms with Gasteiger partial charge in [0.05, 0.1) is 11.4 Å². The zero-order valence-corrected chi connectivity index (χ0v) is 7.31. The fourth-order valence-electron chi connectivity index (χ4n) is 1.25. The van der Waals surface area contributed by atoms with Crippen molar-refractivity contribution in [1.29, 1.82) is 0 Å². The molecule has 0 fully saturated rings. The van der Waals surface area contributed by atoms with Crippen LogP contribution in [-0.2, 0) is 0 Å². The number of pyridine rings is 1. The Kier molecular flexibility index (Phi) is 1.73. The van der Waals surface area contributed by atoms with E-state index in [0.29, 0.717) is 5.95 Å². The molecule has 2 aromatic heterocycles. The van der Waals surface area contributed by atoms with E-state index in [1.807, 2.05) is 29.8 Å². The van der Waals surface area contributed by atoms with Crippen molar-refractivity contribution in [2.45, 2.75) is 6.92 Å². The van der Waals surface area contributed by atoms with Crippen molar-refractivity contribution in [3.63, 3.8) is 0 Å². The summed E-state index contributed by atoms with van der Waals surface area (Å²) in [4.78, 5) is 8.12. The van der Waals surface area contributed by atoms with E-state index < -0.39 is 0 Å². The maximum absolute atomic E-state index is 5.67. The van der Waals surface area contributed by atoms with E-state index in [2.05, 4.69) is 9.97 Å². The molecule has 13 heavy (non-hydrogen) atoms. The predicted octanol–water partition coefficient (Wildman–Crippen LogP) is 1.16. The topological polar surface area (TPSA) is 56.7 Å². The highest BCUT2D eigenvalue weighted by Gasteiger charge is 2.03. The lowest BCUT2D eigenvalue weighted by Crippen LogP contribution is -2.02. The van der Waals surface area contributed by atoms with Crippen LogP contribution in [0.5, 0.6) is 0 Å². The van der Waals surface area contributed by atoms with Crippen molar-refractivity contribution in [2.75, 3.05) is 5.73 Å². The third-order valence-electron chi connectivity index (χ3n) is 1.91. The number of hydrogen-bond donors (Lipinski definition) is 1. The van der Waals surface area contributed by atoms with E-state index in [-0.39, 0.29) is 0 Å². The summed E-state index contributed by atoms with van der Waals surface area (Å²) in [6, 6.07) is 3.84. The summed E-state index contributed by atoms with van der Waals surface area (Å²) in [6.45, 7) is 1.94. The molecule has 0 aliphatic heterocycles. The van der Waals surface area contributed by atoms with Crippen LogP contribution in [-0.4, -0.2) is 14.5 Å². The fourth-order valence-corrected chi connectivity index (χ4v) is 1.25. The number of nitrogens with zero attached hydrogens (tertiary/aromatic N) is 3. The minimum atomic E-state index is 0.483. The lowest BCUT2D eigenvalue weighted by atomic mass is 10.3. The van der Waals surface area contributed by atoms with Gasteiger partial charge in [-0.1, -0.05) is 0 Å². The molecule has 2 N–H and O–H groups in total. The molecule has 0 atom stereocenters. The minimum Gasteiger partial charge on any atom is -0.369 e. The Bertz CT molecular complexity index is 419. The minimum absolute atomic E-state index is 0.483. The predicted molar refractivity (Wildman–Crippen MR) is 50.5 cm³/mol. The van der Waals surface area contributed by atoms with Gasteiger partial charge in [0, 0.05) is 18.6 Å². The lowest BCUT2D eigenvalue weighted by Gasteiger charge is -2.06. The zero-order valence-electron chi connectivity index (χ0n) is 7.31. The van der Waals surface area contributed by atoms with Crippen molar-refractivity contribution in [3.05, 3.63) is 36.4 Å². The number of nitrogen functional groups attached to an aromatic ring is 1. The van der Waals surface area contributed by atoms with E-state index in [9.17, 15) is 0 Å². The second kappa shape index (κ2) is 2.90. The molecule has 0 spiro atoms. The highest BCUT2D eigenvalue weighted by molar-refractivity contribution is 5.41. The SMILES string of the molecule is Cc1ncccc1-n1ccnc1N. The van der Waals surface area contributed by atoms with Crippen LogP contribution < -0.4 is 5.73 Å². The number of anilines is 1. The molecule has 4 heteroatoms. The van der Waals surface area contributed by atoms with E-state index in [4.69, 9.17) is 5.73 Å². The summed E-state index contributed by atoms with van der Waals surface area (Å²) in [7, 11) is 0. The lowest BCUT2D eigenvalue weighted by molar-refractivity contribution is 1.02. The number of rotatable bonds is 1. The highest BCUT2D eigenvalue weighted by atomic mass is 15.1. The Hall–Kier alpha value is -1.84. The first-order valence-corrected chi connectivity index (χ1v) is 4.00. The molecule has 4 nitrogen and oxygen atoms in total. The molecule has 0 saturated carbocycles. The van der Waals surface area contributed by atoms with Crippen molar-refractivity contribution >= 4 is 5.95 Å². The van der Waals surface area contributed by atoms with Gasteiger partial charge in [0.1, 0.15) is 0 Å². The molecule has 2 rings (SSSR count).